The Morgan fingerprint density at radius 3 is 2.70 bits per heavy atom. The lowest BCUT2D eigenvalue weighted by Gasteiger charge is -2.31. The van der Waals surface area contributed by atoms with Crippen molar-refractivity contribution in [2.45, 2.75) is 19.8 Å². The van der Waals surface area contributed by atoms with Crippen molar-refractivity contribution in [3.8, 4) is 17.2 Å². The Morgan fingerprint density at radius 2 is 2.07 bits per heavy atom. The molecule has 1 N–H and O–H groups in total. The fourth-order valence-corrected chi connectivity index (χ4v) is 3.23. The number of carbonyl (C=O) groups excluding carboxylic acids is 1. The Hall–Kier alpha value is -2.45. The van der Waals surface area contributed by atoms with Gasteiger partial charge in [-0.25, -0.2) is 0 Å². The van der Waals surface area contributed by atoms with E-state index in [-0.39, 0.29) is 11.8 Å². The molecule has 1 amide bonds. The molecule has 2 aromatic rings. The third kappa shape index (κ3) is 4.84. The van der Waals surface area contributed by atoms with Gasteiger partial charge in [0.1, 0.15) is 5.75 Å². The number of benzene rings is 1. The topological polar surface area (TPSA) is 89.7 Å². The smallest absolute Gasteiger partial charge is 0.247 e. The molecule has 0 atom stereocenters. The molecular weight excluding hydrogens is 348 g/mol. The van der Waals surface area contributed by atoms with Crippen molar-refractivity contribution in [1.82, 2.24) is 15.1 Å². The van der Waals surface area contributed by atoms with Crippen molar-refractivity contribution in [3.05, 3.63) is 24.1 Å². The standard InChI is InChI=1S/C19H26N4O4/c1-13-21-22-19(27-13)15-4-5-17(26-3)16(12-15)20-18(24)14-6-8-23(9-7-14)10-11-25-2/h4-5,12,14H,6-11H2,1-3H3,(H,20,24). The minimum atomic E-state index is -0.0113. The molecule has 1 aromatic carbocycles. The van der Waals surface area contributed by atoms with Crippen LogP contribution in [0.25, 0.3) is 11.5 Å². The fraction of sp³-hybridized carbons (Fsp3) is 0.526. The van der Waals surface area contributed by atoms with Gasteiger partial charge in [-0.3, -0.25) is 4.79 Å². The maximum Gasteiger partial charge on any atom is 0.247 e. The van der Waals surface area contributed by atoms with E-state index < -0.39 is 0 Å². The number of carbonyl (C=O) groups is 1. The summed E-state index contributed by atoms with van der Waals surface area (Å²) >= 11 is 0. The molecule has 1 saturated heterocycles. The Morgan fingerprint density at radius 1 is 1.30 bits per heavy atom. The first-order chi connectivity index (χ1) is 13.1. The van der Waals surface area contributed by atoms with Gasteiger partial charge in [0.15, 0.2) is 0 Å². The van der Waals surface area contributed by atoms with E-state index in [2.05, 4.69) is 20.4 Å². The third-order valence-electron chi connectivity index (χ3n) is 4.80. The molecule has 0 aliphatic carbocycles. The van der Waals surface area contributed by atoms with Gasteiger partial charge >= 0.3 is 0 Å². The zero-order valence-electron chi connectivity index (χ0n) is 16.0. The summed E-state index contributed by atoms with van der Waals surface area (Å²) in [5.74, 6) is 1.51. The summed E-state index contributed by atoms with van der Waals surface area (Å²) in [5, 5.41) is 10.9. The van der Waals surface area contributed by atoms with Crippen molar-refractivity contribution in [2.75, 3.05) is 45.8 Å². The van der Waals surface area contributed by atoms with Crippen molar-refractivity contribution < 1.29 is 18.7 Å². The molecule has 1 aliphatic heterocycles. The quantitative estimate of drug-likeness (QED) is 0.795. The number of hydrogen-bond donors (Lipinski definition) is 1. The number of methoxy groups -OCH3 is 2. The molecule has 146 valence electrons. The van der Waals surface area contributed by atoms with Gasteiger partial charge in [0.05, 0.1) is 19.4 Å². The molecule has 8 heteroatoms. The first-order valence-corrected chi connectivity index (χ1v) is 9.11. The Bertz CT molecular complexity index is 769. The third-order valence-corrected chi connectivity index (χ3v) is 4.80. The van der Waals surface area contributed by atoms with Gasteiger partial charge in [-0.05, 0) is 44.1 Å². The van der Waals surface area contributed by atoms with Crippen LogP contribution in [0.3, 0.4) is 0 Å². The molecule has 0 radical (unpaired) electrons. The van der Waals surface area contributed by atoms with Gasteiger partial charge in [-0.2, -0.15) is 0 Å². The van der Waals surface area contributed by atoms with Gasteiger partial charge in [-0.15, -0.1) is 10.2 Å². The number of nitrogens with zero attached hydrogens (tertiary/aromatic N) is 3. The van der Waals surface area contributed by atoms with Gasteiger partial charge in [0.2, 0.25) is 17.7 Å². The number of likely N-dealkylation sites (tertiary alicyclic amines) is 1. The van der Waals surface area contributed by atoms with E-state index in [1.54, 1.807) is 33.3 Å². The maximum atomic E-state index is 12.7. The number of amides is 1. The molecule has 0 saturated carbocycles. The summed E-state index contributed by atoms with van der Waals surface area (Å²) in [6, 6.07) is 5.42. The highest BCUT2D eigenvalue weighted by atomic mass is 16.5. The maximum absolute atomic E-state index is 12.7. The molecular formula is C19H26N4O4. The second-order valence-corrected chi connectivity index (χ2v) is 6.64. The highest BCUT2D eigenvalue weighted by molar-refractivity contribution is 5.94. The summed E-state index contributed by atoms with van der Waals surface area (Å²) in [6.45, 7) is 5.17. The van der Waals surface area contributed by atoms with Crippen molar-refractivity contribution in [1.29, 1.82) is 0 Å². The average molecular weight is 374 g/mol. The zero-order chi connectivity index (χ0) is 19.2. The normalized spacial score (nSPS) is 15.7. The second-order valence-electron chi connectivity index (χ2n) is 6.64. The zero-order valence-corrected chi connectivity index (χ0v) is 16.0. The first-order valence-electron chi connectivity index (χ1n) is 9.11. The number of aryl methyl sites for hydroxylation is 1. The van der Waals surface area contributed by atoms with E-state index in [0.29, 0.717) is 23.2 Å². The monoisotopic (exact) mass is 374 g/mol. The molecule has 1 aliphatic rings. The number of rotatable bonds is 7. The molecule has 0 spiro atoms. The van der Waals surface area contributed by atoms with E-state index in [1.165, 1.54) is 0 Å². The summed E-state index contributed by atoms with van der Waals surface area (Å²) in [5.41, 5.74) is 1.35. The number of ether oxygens (including phenoxy) is 2. The number of hydrogen-bond acceptors (Lipinski definition) is 7. The Kier molecular flexibility index (Phi) is 6.41. The van der Waals surface area contributed by atoms with Crippen LogP contribution in [0.1, 0.15) is 18.7 Å². The van der Waals surface area contributed by atoms with Crippen LogP contribution in [-0.2, 0) is 9.53 Å². The van der Waals surface area contributed by atoms with Crippen LogP contribution < -0.4 is 10.1 Å². The van der Waals surface area contributed by atoms with Gasteiger partial charge < -0.3 is 24.1 Å². The molecule has 2 heterocycles. The molecule has 1 aromatic heterocycles. The number of piperidine rings is 1. The average Bonchev–Trinajstić information content (AvgIpc) is 3.13. The fourth-order valence-electron chi connectivity index (χ4n) is 3.23. The predicted molar refractivity (Wildman–Crippen MR) is 101 cm³/mol. The van der Waals surface area contributed by atoms with Gasteiger partial charge in [0.25, 0.3) is 0 Å². The van der Waals surface area contributed by atoms with E-state index in [4.69, 9.17) is 13.9 Å². The number of nitrogens with one attached hydrogen (secondary N) is 1. The van der Waals surface area contributed by atoms with E-state index in [9.17, 15) is 4.79 Å². The van der Waals surface area contributed by atoms with Crippen LogP contribution in [0.2, 0.25) is 0 Å². The summed E-state index contributed by atoms with van der Waals surface area (Å²) in [6.07, 6.45) is 1.67. The van der Waals surface area contributed by atoms with E-state index >= 15 is 0 Å². The predicted octanol–water partition coefficient (Wildman–Crippen LogP) is 2.35. The minimum Gasteiger partial charge on any atom is -0.495 e. The second kappa shape index (κ2) is 8.96. The van der Waals surface area contributed by atoms with Crippen LogP contribution in [0.5, 0.6) is 5.75 Å². The molecule has 3 rings (SSSR count). The van der Waals surface area contributed by atoms with Crippen molar-refractivity contribution in [2.24, 2.45) is 5.92 Å². The minimum absolute atomic E-state index is 0.0113. The van der Waals surface area contributed by atoms with Crippen molar-refractivity contribution in [3.63, 3.8) is 0 Å². The summed E-state index contributed by atoms with van der Waals surface area (Å²) in [7, 11) is 3.28. The number of anilines is 1. The first kappa shape index (κ1) is 19.3. The van der Waals surface area contributed by atoms with Crippen molar-refractivity contribution >= 4 is 11.6 Å². The molecule has 27 heavy (non-hydrogen) atoms. The molecule has 1 fully saturated rings. The SMILES string of the molecule is COCCN1CCC(C(=O)Nc2cc(-c3nnc(C)o3)ccc2OC)CC1. The Labute approximate surface area is 158 Å². The molecule has 0 bridgehead atoms. The van der Waals surface area contributed by atoms with Crippen LogP contribution in [0, 0.1) is 12.8 Å². The van der Waals surface area contributed by atoms with Crippen LogP contribution in [-0.4, -0.2) is 61.5 Å². The highest BCUT2D eigenvalue weighted by Crippen LogP contribution is 2.31. The largest absolute Gasteiger partial charge is 0.495 e. The lowest BCUT2D eigenvalue weighted by molar-refractivity contribution is -0.121. The summed E-state index contributed by atoms with van der Waals surface area (Å²) in [4.78, 5) is 15.1. The van der Waals surface area contributed by atoms with Crippen LogP contribution in [0.4, 0.5) is 5.69 Å². The lowest BCUT2D eigenvalue weighted by Crippen LogP contribution is -2.39. The lowest BCUT2D eigenvalue weighted by atomic mass is 9.95. The Balaban J connectivity index is 1.66. The van der Waals surface area contributed by atoms with Gasteiger partial charge in [-0.1, -0.05) is 0 Å². The van der Waals surface area contributed by atoms with E-state index in [0.717, 1.165) is 44.6 Å². The molecule has 8 nitrogen and oxygen atoms in total. The van der Waals surface area contributed by atoms with Gasteiger partial charge in [0, 0.05) is 32.1 Å². The van der Waals surface area contributed by atoms with Crippen LogP contribution in [0.15, 0.2) is 22.6 Å². The van der Waals surface area contributed by atoms with Crippen LogP contribution >= 0.6 is 0 Å². The summed E-state index contributed by atoms with van der Waals surface area (Å²) < 4.78 is 16.0. The number of aromatic nitrogens is 2. The molecule has 0 unspecified atom stereocenters. The highest BCUT2D eigenvalue weighted by Gasteiger charge is 2.25. The van der Waals surface area contributed by atoms with E-state index in [1.807, 2.05) is 6.07 Å².